The van der Waals surface area contributed by atoms with Gasteiger partial charge in [-0.3, -0.25) is 4.79 Å². The summed E-state index contributed by atoms with van der Waals surface area (Å²) in [7, 11) is 0. The van der Waals surface area contributed by atoms with E-state index in [9.17, 15) is 4.79 Å². The molecule has 2 heterocycles. The summed E-state index contributed by atoms with van der Waals surface area (Å²) in [6.45, 7) is 3.06. The monoisotopic (exact) mass is 345 g/mol. The summed E-state index contributed by atoms with van der Waals surface area (Å²) in [4.78, 5) is 16.1. The predicted molar refractivity (Wildman–Crippen MR) is 100 cm³/mol. The number of benzene rings is 1. The SMILES string of the molecule is CCCCCc1ccc(C(=O)N2CCSC2c2cccs2)cc1. The lowest BCUT2D eigenvalue weighted by molar-refractivity contribution is 0.0762. The molecule has 1 aromatic heterocycles. The molecule has 0 spiro atoms. The molecule has 0 N–H and O–H groups in total. The van der Waals surface area contributed by atoms with E-state index in [-0.39, 0.29) is 11.3 Å². The van der Waals surface area contributed by atoms with E-state index in [0.29, 0.717) is 0 Å². The first kappa shape index (κ1) is 16.6. The summed E-state index contributed by atoms with van der Waals surface area (Å²) in [5.41, 5.74) is 2.15. The molecule has 0 radical (unpaired) electrons. The Morgan fingerprint density at radius 1 is 1.22 bits per heavy atom. The Balaban J connectivity index is 1.67. The van der Waals surface area contributed by atoms with Crippen molar-refractivity contribution in [3.63, 3.8) is 0 Å². The highest BCUT2D eigenvalue weighted by Gasteiger charge is 2.31. The molecule has 2 nitrogen and oxygen atoms in total. The fourth-order valence-corrected chi connectivity index (χ4v) is 5.14. The van der Waals surface area contributed by atoms with Crippen LogP contribution in [0.4, 0.5) is 0 Å². The Hall–Kier alpha value is -1.26. The topological polar surface area (TPSA) is 20.3 Å². The lowest BCUT2D eigenvalue weighted by Gasteiger charge is -2.23. The van der Waals surface area contributed by atoms with Gasteiger partial charge < -0.3 is 4.90 Å². The molecule has 4 heteroatoms. The van der Waals surface area contributed by atoms with Crippen LogP contribution in [0.2, 0.25) is 0 Å². The molecule has 0 aliphatic carbocycles. The highest BCUT2D eigenvalue weighted by Crippen LogP contribution is 2.40. The number of amides is 1. The third-order valence-electron chi connectivity index (χ3n) is 4.21. The zero-order chi connectivity index (χ0) is 16.1. The second-order valence-corrected chi connectivity index (χ2v) is 8.06. The number of thioether (sulfide) groups is 1. The number of thiophene rings is 1. The molecule has 0 saturated carbocycles. The van der Waals surface area contributed by atoms with Crippen LogP contribution in [-0.2, 0) is 6.42 Å². The van der Waals surface area contributed by atoms with E-state index in [1.165, 1.54) is 29.7 Å². The molecule has 1 unspecified atom stereocenters. The zero-order valence-electron chi connectivity index (χ0n) is 13.5. The third-order valence-corrected chi connectivity index (χ3v) is 6.52. The minimum Gasteiger partial charge on any atom is -0.321 e. The van der Waals surface area contributed by atoms with E-state index in [0.717, 1.165) is 24.3 Å². The molecule has 1 aliphatic rings. The first-order valence-electron chi connectivity index (χ1n) is 8.34. The van der Waals surface area contributed by atoms with Gasteiger partial charge in [0.25, 0.3) is 5.91 Å². The Bertz CT molecular complexity index is 621. The molecule has 3 rings (SSSR count). The molecule has 1 aliphatic heterocycles. The molecule has 0 bridgehead atoms. The van der Waals surface area contributed by atoms with Crippen LogP contribution < -0.4 is 0 Å². The maximum atomic E-state index is 12.8. The fraction of sp³-hybridized carbons (Fsp3) is 0.421. The van der Waals surface area contributed by atoms with Crippen LogP contribution in [0.25, 0.3) is 0 Å². The van der Waals surface area contributed by atoms with Gasteiger partial charge in [-0.2, -0.15) is 0 Å². The molecule has 2 aromatic rings. The van der Waals surface area contributed by atoms with Gasteiger partial charge in [0.2, 0.25) is 0 Å². The van der Waals surface area contributed by atoms with Crippen LogP contribution in [0, 0.1) is 0 Å². The Morgan fingerprint density at radius 3 is 2.74 bits per heavy atom. The van der Waals surface area contributed by atoms with Gasteiger partial charge in [0.15, 0.2) is 0 Å². The van der Waals surface area contributed by atoms with Gasteiger partial charge in [0.05, 0.1) is 0 Å². The van der Waals surface area contributed by atoms with Gasteiger partial charge in [0.1, 0.15) is 5.37 Å². The van der Waals surface area contributed by atoms with Crippen LogP contribution in [0.15, 0.2) is 41.8 Å². The van der Waals surface area contributed by atoms with Crippen molar-refractivity contribution in [3.05, 3.63) is 57.8 Å². The van der Waals surface area contributed by atoms with E-state index in [4.69, 9.17) is 0 Å². The van der Waals surface area contributed by atoms with Crippen molar-refractivity contribution in [2.75, 3.05) is 12.3 Å². The van der Waals surface area contributed by atoms with Gasteiger partial charge in [-0.15, -0.1) is 23.1 Å². The van der Waals surface area contributed by atoms with Crippen LogP contribution in [-0.4, -0.2) is 23.1 Å². The van der Waals surface area contributed by atoms with E-state index >= 15 is 0 Å². The number of carbonyl (C=O) groups is 1. The van der Waals surface area contributed by atoms with E-state index in [1.54, 1.807) is 11.3 Å². The molecule has 1 atom stereocenters. The molecular formula is C19H23NOS2. The summed E-state index contributed by atoms with van der Waals surface area (Å²) >= 11 is 3.60. The largest absolute Gasteiger partial charge is 0.321 e. The molecule has 1 aromatic carbocycles. The number of nitrogens with zero attached hydrogens (tertiary/aromatic N) is 1. The number of carbonyl (C=O) groups excluding carboxylic acids is 1. The van der Waals surface area contributed by atoms with Crippen LogP contribution in [0.3, 0.4) is 0 Å². The van der Waals surface area contributed by atoms with Crippen LogP contribution in [0.5, 0.6) is 0 Å². The summed E-state index contributed by atoms with van der Waals surface area (Å²) in [5, 5.41) is 2.27. The van der Waals surface area contributed by atoms with Crippen molar-refractivity contribution < 1.29 is 4.79 Å². The van der Waals surface area contributed by atoms with Crippen molar-refractivity contribution in [1.82, 2.24) is 4.90 Å². The Labute approximate surface area is 146 Å². The number of hydrogen-bond donors (Lipinski definition) is 0. The first-order valence-corrected chi connectivity index (χ1v) is 10.3. The number of hydrogen-bond acceptors (Lipinski definition) is 3. The molecule has 1 amide bonds. The predicted octanol–water partition coefficient (Wildman–Crippen LogP) is 5.37. The van der Waals surface area contributed by atoms with Crippen molar-refractivity contribution in [3.8, 4) is 0 Å². The third kappa shape index (κ3) is 3.99. The summed E-state index contributed by atoms with van der Waals surface area (Å²) in [5.74, 6) is 1.18. The average Bonchev–Trinajstić information content (AvgIpc) is 3.26. The van der Waals surface area contributed by atoms with Crippen molar-refractivity contribution in [2.45, 2.75) is 38.0 Å². The first-order chi connectivity index (χ1) is 11.3. The summed E-state index contributed by atoms with van der Waals surface area (Å²) in [6, 6.07) is 12.4. The highest BCUT2D eigenvalue weighted by molar-refractivity contribution is 7.99. The Kier molecular flexibility index (Phi) is 5.79. The highest BCUT2D eigenvalue weighted by atomic mass is 32.2. The zero-order valence-corrected chi connectivity index (χ0v) is 15.2. The smallest absolute Gasteiger partial charge is 0.255 e. The van der Waals surface area contributed by atoms with Gasteiger partial charge in [-0.05, 0) is 42.0 Å². The number of unbranched alkanes of at least 4 members (excludes halogenated alkanes) is 2. The van der Waals surface area contributed by atoms with Gasteiger partial charge in [0, 0.05) is 22.7 Å². The second kappa shape index (κ2) is 8.02. The summed E-state index contributed by atoms with van der Waals surface area (Å²) < 4.78 is 0. The molecule has 122 valence electrons. The molecule has 1 saturated heterocycles. The second-order valence-electron chi connectivity index (χ2n) is 5.89. The van der Waals surface area contributed by atoms with Gasteiger partial charge >= 0.3 is 0 Å². The van der Waals surface area contributed by atoms with Crippen molar-refractivity contribution in [1.29, 1.82) is 0 Å². The van der Waals surface area contributed by atoms with Crippen molar-refractivity contribution in [2.24, 2.45) is 0 Å². The molecular weight excluding hydrogens is 322 g/mol. The van der Waals surface area contributed by atoms with Crippen LogP contribution in [0.1, 0.15) is 52.4 Å². The standard InChI is InChI=1S/C19H23NOS2/c1-2-3-4-6-15-8-10-16(11-9-15)18(21)20-12-14-23-19(20)17-7-5-13-22-17/h5,7-11,13,19H,2-4,6,12,14H2,1H3. The maximum Gasteiger partial charge on any atom is 0.255 e. The van der Waals surface area contributed by atoms with E-state index in [2.05, 4.69) is 36.6 Å². The fourth-order valence-electron chi connectivity index (χ4n) is 2.90. The lowest BCUT2D eigenvalue weighted by Crippen LogP contribution is -2.30. The minimum absolute atomic E-state index is 0.161. The van der Waals surface area contributed by atoms with E-state index in [1.807, 2.05) is 28.8 Å². The number of aryl methyl sites for hydroxylation is 1. The lowest BCUT2D eigenvalue weighted by atomic mass is 10.0. The van der Waals surface area contributed by atoms with Crippen LogP contribution >= 0.6 is 23.1 Å². The minimum atomic E-state index is 0.161. The quantitative estimate of drug-likeness (QED) is 0.656. The average molecular weight is 346 g/mol. The number of rotatable bonds is 6. The normalized spacial score (nSPS) is 17.6. The molecule has 1 fully saturated rings. The van der Waals surface area contributed by atoms with Gasteiger partial charge in [-0.1, -0.05) is 38.0 Å². The van der Waals surface area contributed by atoms with Gasteiger partial charge in [-0.25, -0.2) is 0 Å². The maximum absolute atomic E-state index is 12.8. The molecule has 23 heavy (non-hydrogen) atoms. The Morgan fingerprint density at radius 2 is 2.04 bits per heavy atom. The summed E-state index contributed by atoms with van der Waals surface area (Å²) in [6.07, 6.45) is 4.86. The van der Waals surface area contributed by atoms with E-state index < -0.39 is 0 Å². The van der Waals surface area contributed by atoms with Crippen molar-refractivity contribution >= 4 is 29.0 Å².